The standard InChI is InChI=1S/C20H18FN/c1-2-16-8-12-19(13-9-16)22(18-6-4-3-5-7-18)20-14-10-17(21)11-15-20/h3-15H,2H2,1H3. The van der Waals surface area contributed by atoms with Crippen LogP contribution in [0.25, 0.3) is 0 Å². The number of hydrogen-bond donors (Lipinski definition) is 0. The SMILES string of the molecule is CCc1ccc(N(c2ccccc2)c2ccc(F)cc2)cc1. The quantitative estimate of drug-likeness (QED) is 0.582. The molecule has 0 aromatic heterocycles. The van der Waals surface area contributed by atoms with Crippen molar-refractivity contribution in [2.45, 2.75) is 13.3 Å². The van der Waals surface area contributed by atoms with Crippen molar-refractivity contribution in [2.75, 3.05) is 4.90 Å². The lowest BCUT2D eigenvalue weighted by Gasteiger charge is -2.25. The van der Waals surface area contributed by atoms with E-state index in [-0.39, 0.29) is 5.82 Å². The van der Waals surface area contributed by atoms with Crippen LogP contribution in [0.3, 0.4) is 0 Å². The summed E-state index contributed by atoms with van der Waals surface area (Å²) in [6.07, 6.45) is 1.02. The summed E-state index contributed by atoms with van der Waals surface area (Å²) >= 11 is 0. The predicted octanol–water partition coefficient (Wildman–Crippen LogP) is 5.86. The number of benzene rings is 3. The molecule has 0 atom stereocenters. The number of anilines is 3. The zero-order chi connectivity index (χ0) is 15.4. The molecule has 0 bridgehead atoms. The smallest absolute Gasteiger partial charge is 0.123 e. The summed E-state index contributed by atoms with van der Waals surface area (Å²) in [7, 11) is 0. The second-order valence-corrected chi connectivity index (χ2v) is 5.17. The topological polar surface area (TPSA) is 3.24 Å². The third-order valence-electron chi connectivity index (χ3n) is 3.70. The van der Waals surface area contributed by atoms with Gasteiger partial charge in [-0.15, -0.1) is 0 Å². The minimum Gasteiger partial charge on any atom is -0.311 e. The monoisotopic (exact) mass is 291 g/mol. The maximum Gasteiger partial charge on any atom is 0.123 e. The van der Waals surface area contributed by atoms with Gasteiger partial charge in [-0.1, -0.05) is 37.3 Å². The summed E-state index contributed by atoms with van der Waals surface area (Å²) in [5.74, 6) is -0.224. The van der Waals surface area contributed by atoms with Gasteiger partial charge in [0, 0.05) is 17.1 Å². The lowest BCUT2D eigenvalue weighted by atomic mass is 10.1. The number of aryl methyl sites for hydroxylation is 1. The zero-order valence-electron chi connectivity index (χ0n) is 12.5. The molecule has 0 heterocycles. The molecule has 0 fully saturated rings. The highest BCUT2D eigenvalue weighted by Gasteiger charge is 2.11. The largest absolute Gasteiger partial charge is 0.311 e. The second kappa shape index (κ2) is 6.44. The zero-order valence-corrected chi connectivity index (χ0v) is 12.5. The number of hydrogen-bond acceptors (Lipinski definition) is 1. The fraction of sp³-hybridized carbons (Fsp3) is 0.100. The van der Waals surface area contributed by atoms with Crippen molar-refractivity contribution < 1.29 is 4.39 Å². The Balaban J connectivity index is 2.07. The lowest BCUT2D eigenvalue weighted by Crippen LogP contribution is -2.09. The Morgan fingerprint density at radius 1 is 0.682 bits per heavy atom. The van der Waals surface area contributed by atoms with Gasteiger partial charge < -0.3 is 4.90 Å². The van der Waals surface area contributed by atoms with Crippen molar-refractivity contribution in [2.24, 2.45) is 0 Å². The van der Waals surface area contributed by atoms with E-state index in [2.05, 4.69) is 48.2 Å². The van der Waals surface area contributed by atoms with E-state index >= 15 is 0 Å². The van der Waals surface area contributed by atoms with E-state index in [9.17, 15) is 4.39 Å². The van der Waals surface area contributed by atoms with Crippen LogP contribution in [0.1, 0.15) is 12.5 Å². The Morgan fingerprint density at radius 2 is 1.18 bits per heavy atom. The first-order valence-corrected chi connectivity index (χ1v) is 7.47. The van der Waals surface area contributed by atoms with Crippen molar-refractivity contribution >= 4 is 17.1 Å². The molecule has 0 unspecified atom stereocenters. The van der Waals surface area contributed by atoms with Crippen molar-refractivity contribution in [3.63, 3.8) is 0 Å². The van der Waals surface area contributed by atoms with Gasteiger partial charge in [0.1, 0.15) is 5.82 Å². The molecular formula is C20H18FN. The normalized spacial score (nSPS) is 10.5. The average Bonchev–Trinajstić information content (AvgIpc) is 2.58. The van der Waals surface area contributed by atoms with Gasteiger partial charge in [-0.25, -0.2) is 4.39 Å². The van der Waals surface area contributed by atoms with Crippen molar-refractivity contribution in [1.29, 1.82) is 0 Å². The third-order valence-corrected chi connectivity index (χ3v) is 3.70. The minimum absolute atomic E-state index is 0.224. The fourth-order valence-electron chi connectivity index (χ4n) is 2.50. The molecule has 0 aliphatic rings. The highest BCUT2D eigenvalue weighted by Crippen LogP contribution is 2.34. The third kappa shape index (κ3) is 3.01. The molecule has 0 radical (unpaired) electrons. The second-order valence-electron chi connectivity index (χ2n) is 5.17. The molecule has 0 saturated carbocycles. The van der Waals surface area contributed by atoms with Gasteiger partial charge in [-0.2, -0.15) is 0 Å². The Bertz CT molecular complexity index is 718. The average molecular weight is 291 g/mol. The van der Waals surface area contributed by atoms with Crippen molar-refractivity contribution in [3.8, 4) is 0 Å². The van der Waals surface area contributed by atoms with Crippen LogP contribution in [-0.2, 0) is 6.42 Å². The van der Waals surface area contributed by atoms with E-state index in [4.69, 9.17) is 0 Å². The predicted molar refractivity (Wildman–Crippen MR) is 90.5 cm³/mol. The molecular weight excluding hydrogens is 273 g/mol. The van der Waals surface area contributed by atoms with E-state index in [1.165, 1.54) is 17.7 Å². The maximum atomic E-state index is 13.2. The molecule has 0 aliphatic heterocycles. The van der Waals surface area contributed by atoms with Gasteiger partial charge in [0.2, 0.25) is 0 Å². The number of rotatable bonds is 4. The number of para-hydroxylation sites is 1. The highest BCUT2D eigenvalue weighted by atomic mass is 19.1. The fourth-order valence-corrected chi connectivity index (χ4v) is 2.50. The van der Waals surface area contributed by atoms with Crippen LogP contribution in [0.2, 0.25) is 0 Å². The molecule has 0 N–H and O–H groups in total. The molecule has 3 aromatic rings. The Hall–Kier alpha value is -2.61. The van der Waals surface area contributed by atoms with Gasteiger partial charge in [-0.3, -0.25) is 0 Å². The van der Waals surface area contributed by atoms with E-state index in [0.29, 0.717) is 0 Å². The van der Waals surface area contributed by atoms with Gasteiger partial charge in [0.25, 0.3) is 0 Å². The van der Waals surface area contributed by atoms with Crippen LogP contribution in [0.4, 0.5) is 21.5 Å². The summed E-state index contributed by atoms with van der Waals surface area (Å²) in [4.78, 5) is 2.12. The van der Waals surface area contributed by atoms with E-state index < -0.39 is 0 Å². The number of nitrogens with zero attached hydrogens (tertiary/aromatic N) is 1. The van der Waals surface area contributed by atoms with Gasteiger partial charge >= 0.3 is 0 Å². The highest BCUT2D eigenvalue weighted by molar-refractivity contribution is 5.76. The maximum absolute atomic E-state index is 13.2. The van der Waals surface area contributed by atoms with Crippen LogP contribution < -0.4 is 4.90 Å². The molecule has 0 saturated heterocycles. The Labute approximate surface area is 130 Å². The van der Waals surface area contributed by atoms with Gasteiger partial charge in [-0.05, 0) is 60.5 Å². The molecule has 2 heteroatoms. The van der Waals surface area contributed by atoms with Crippen molar-refractivity contribution in [1.82, 2.24) is 0 Å². The Morgan fingerprint density at radius 3 is 1.73 bits per heavy atom. The molecule has 1 nitrogen and oxygen atoms in total. The van der Waals surface area contributed by atoms with Crippen molar-refractivity contribution in [3.05, 3.63) is 90.2 Å². The van der Waals surface area contributed by atoms with Crippen LogP contribution >= 0.6 is 0 Å². The first kappa shape index (κ1) is 14.3. The summed E-state index contributed by atoms with van der Waals surface area (Å²) in [6, 6.07) is 25.2. The summed E-state index contributed by atoms with van der Waals surface area (Å²) < 4.78 is 13.2. The van der Waals surface area contributed by atoms with Crippen LogP contribution in [0, 0.1) is 5.82 Å². The molecule has 3 aromatic carbocycles. The van der Waals surface area contributed by atoms with E-state index in [1.54, 1.807) is 12.1 Å². The van der Waals surface area contributed by atoms with Crippen LogP contribution in [0.15, 0.2) is 78.9 Å². The summed E-state index contributed by atoms with van der Waals surface area (Å²) in [6.45, 7) is 2.14. The summed E-state index contributed by atoms with van der Waals surface area (Å²) in [5, 5.41) is 0. The molecule has 3 rings (SSSR count). The van der Waals surface area contributed by atoms with Crippen LogP contribution in [0.5, 0.6) is 0 Å². The minimum atomic E-state index is -0.224. The van der Waals surface area contributed by atoms with E-state index in [0.717, 1.165) is 23.5 Å². The number of halogens is 1. The Kier molecular flexibility index (Phi) is 4.19. The molecule has 0 aliphatic carbocycles. The first-order chi connectivity index (χ1) is 10.8. The van der Waals surface area contributed by atoms with Gasteiger partial charge in [0.05, 0.1) is 0 Å². The van der Waals surface area contributed by atoms with Crippen LogP contribution in [-0.4, -0.2) is 0 Å². The summed E-state index contributed by atoms with van der Waals surface area (Å²) in [5.41, 5.74) is 4.36. The first-order valence-electron chi connectivity index (χ1n) is 7.47. The molecule has 22 heavy (non-hydrogen) atoms. The van der Waals surface area contributed by atoms with E-state index in [1.807, 2.05) is 18.2 Å². The lowest BCUT2D eigenvalue weighted by molar-refractivity contribution is 0.628. The molecule has 0 spiro atoms. The van der Waals surface area contributed by atoms with Gasteiger partial charge in [0.15, 0.2) is 0 Å². The molecule has 110 valence electrons. The molecule has 0 amide bonds.